The largest absolute Gasteiger partial charge is 0.300 e. The van der Waals surface area contributed by atoms with Crippen molar-refractivity contribution in [3.8, 4) is 0 Å². The Balaban J connectivity index is 2.46. The summed E-state index contributed by atoms with van der Waals surface area (Å²) in [6, 6.07) is 11.3. The van der Waals surface area contributed by atoms with E-state index in [9.17, 15) is 0 Å². The van der Waals surface area contributed by atoms with Crippen molar-refractivity contribution in [3.63, 3.8) is 0 Å². The Morgan fingerprint density at radius 1 is 1.25 bits per heavy atom. The molecule has 0 saturated heterocycles. The quantitative estimate of drug-likeness (QED) is 0.682. The SMILES string of the molecule is CC(C)=CCN(C)C(C)Cc1ccccc1. The molecular formula is C15H23N. The van der Waals surface area contributed by atoms with Crippen molar-refractivity contribution in [1.82, 2.24) is 4.90 Å². The van der Waals surface area contributed by atoms with Crippen molar-refractivity contribution in [2.45, 2.75) is 33.2 Å². The molecule has 1 unspecified atom stereocenters. The summed E-state index contributed by atoms with van der Waals surface area (Å²) in [5.74, 6) is 0. The minimum atomic E-state index is 0.581. The molecule has 0 N–H and O–H groups in total. The molecule has 1 rings (SSSR count). The zero-order valence-corrected chi connectivity index (χ0v) is 10.9. The summed E-state index contributed by atoms with van der Waals surface area (Å²) in [4.78, 5) is 2.39. The predicted octanol–water partition coefficient (Wildman–Crippen LogP) is 3.52. The highest BCUT2D eigenvalue weighted by molar-refractivity contribution is 5.15. The first-order chi connectivity index (χ1) is 7.59. The molecule has 1 nitrogen and oxygen atoms in total. The lowest BCUT2D eigenvalue weighted by molar-refractivity contribution is 0.282. The van der Waals surface area contributed by atoms with Gasteiger partial charge < -0.3 is 0 Å². The topological polar surface area (TPSA) is 3.24 Å². The van der Waals surface area contributed by atoms with Crippen LogP contribution in [0.5, 0.6) is 0 Å². The number of nitrogens with zero attached hydrogens (tertiary/aromatic N) is 1. The fourth-order valence-electron chi connectivity index (χ4n) is 1.62. The van der Waals surface area contributed by atoms with Gasteiger partial charge in [-0.3, -0.25) is 4.90 Å². The molecule has 0 aliphatic carbocycles. The fraction of sp³-hybridized carbons (Fsp3) is 0.467. The smallest absolute Gasteiger partial charge is 0.0165 e. The Morgan fingerprint density at radius 2 is 1.88 bits per heavy atom. The van der Waals surface area contributed by atoms with Crippen molar-refractivity contribution in [2.75, 3.05) is 13.6 Å². The van der Waals surface area contributed by atoms with Gasteiger partial charge in [-0.15, -0.1) is 0 Å². The van der Waals surface area contributed by atoms with Gasteiger partial charge in [-0.25, -0.2) is 0 Å². The molecule has 0 bridgehead atoms. The third-order valence-corrected chi connectivity index (χ3v) is 2.91. The Morgan fingerprint density at radius 3 is 2.44 bits per heavy atom. The van der Waals surface area contributed by atoms with Gasteiger partial charge in [0.1, 0.15) is 0 Å². The van der Waals surface area contributed by atoms with Gasteiger partial charge in [0, 0.05) is 12.6 Å². The average molecular weight is 217 g/mol. The number of hydrogen-bond acceptors (Lipinski definition) is 1. The van der Waals surface area contributed by atoms with Gasteiger partial charge in [-0.05, 0) is 39.8 Å². The third-order valence-electron chi connectivity index (χ3n) is 2.91. The molecule has 0 heterocycles. The summed E-state index contributed by atoms with van der Waals surface area (Å²) in [6.45, 7) is 7.62. The lowest BCUT2D eigenvalue weighted by atomic mass is 10.1. The van der Waals surface area contributed by atoms with E-state index in [1.807, 2.05) is 0 Å². The highest BCUT2D eigenvalue weighted by Gasteiger charge is 2.08. The Bertz CT molecular complexity index is 323. The van der Waals surface area contributed by atoms with E-state index >= 15 is 0 Å². The molecule has 1 heteroatoms. The van der Waals surface area contributed by atoms with E-state index in [0.717, 1.165) is 13.0 Å². The zero-order chi connectivity index (χ0) is 12.0. The fourth-order valence-corrected chi connectivity index (χ4v) is 1.62. The summed E-state index contributed by atoms with van der Waals surface area (Å²) in [6.07, 6.45) is 3.40. The number of likely N-dealkylation sites (N-methyl/N-ethyl adjacent to an activating group) is 1. The monoisotopic (exact) mass is 217 g/mol. The van der Waals surface area contributed by atoms with Gasteiger partial charge in [0.15, 0.2) is 0 Å². The first-order valence-corrected chi connectivity index (χ1v) is 5.97. The van der Waals surface area contributed by atoms with Crippen LogP contribution in [-0.4, -0.2) is 24.5 Å². The number of rotatable bonds is 5. The normalized spacial score (nSPS) is 12.6. The van der Waals surface area contributed by atoms with Crippen LogP contribution in [0.1, 0.15) is 26.3 Å². The maximum atomic E-state index is 2.39. The predicted molar refractivity (Wildman–Crippen MR) is 71.7 cm³/mol. The van der Waals surface area contributed by atoms with Crippen LogP contribution in [0.3, 0.4) is 0 Å². The molecule has 0 aliphatic rings. The molecule has 1 aromatic carbocycles. The summed E-state index contributed by atoms with van der Waals surface area (Å²) in [7, 11) is 2.19. The average Bonchev–Trinajstić information content (AvgIpc) is 2.27. The van der Waals surface area contributed by atoms with E-state index in [4.69, 9.17) is 0 Å². The lowest BCUT2D eigenvalue weighted by Gasteiger charge is -2.23. The molecule has 0 spiro atoms. The summed E-state index contributed by atoms with van der Waals surface area (Å²) >= 11 is 0. The van der Waals surface area contributed by atoms with Crippen LogP contribution in [0.2, 0.25) is 0 Å². The van der Waals surface area contributed by atoms with Gasteiger partial charge in [0.2, 0.25) is 0 Å². The van der Waals surface area contributed by atoms with Crippen molar-refractivity contribution in [2.24, 2.45) is 0 Å². The summed E-state index contributed by atoms with van der Waals surface area (Å²) in [5.41, 5.74) is 2.80. The summed E-state index contributed by atoms with van der Waals surface area (Å²) < 4.78 is 0. The van der Waals surface area contributed by atoms with Crippen LogP contribution in [0.15, 0.2) is 42.0 Å². The zero-order valence-electron chi connectivity index (χ0n) is 10.9. The molecule has 0 aliphatic heterocycles. The highest BCUT2D eigenvalue weighted by atomic mass is 15.1. The third kappa shape index (κ3) is 4.63. The second-order valence-electron chi connectivity index (χ2n) is 4.76. The minimum Gasteiger partial charge on any atom is -0.300 e. The molecular weight excluding hydrogens is 194 g/mol. The van der Waals surface area contributed by atoms with Crippen molar-refractivity contribution >= 4 is 0 Å². The second kappa shape index (κ2) is 6.49. The number of allylic oxidation sites excluding steroid dienone is 1. The Kier molecular flexibility index (Phi) is 5.27. The van der Waals surface area contributed by atoms with Crippen molar-refractivity contribution < 1.29 is 0 Å². The molecule has 0 amide bonds. The van der Waals surface area contributed by atoms with Crippen molar-refractivity contribution in [3.05, 3.63) is 47.5 Å². The van der Waals surface area contributed by atoms with Gasteiger partial charge in [0.25, 0.3) is 0 Å². The van der Waals surface area contributed by atoms with Crippen LogP contribution in [-0.2, 0) is 6.42 Å². The molecule has 88 valence electrons. The van der Waals surface area contributed by atoms with Gasteiger partial charge in [-0.2, -0.15) is 0 Å². The van der Waals surface area contributed by atoms with Crippen LogP contribution in [0.4, 0.5) is 0 Å². The van der Waals surface area contributed by atoms with E-state index < -0.39 is 0 Å². The molecule has 0 aromatic heterocycles. The van der Waals surface area contributed by atoms with Crippen LogP contribution >= 0.6 is 0 Å². The van der Waals surface area contributed by atoms with E-state index in [-0.39, 0.29) is 0 Å². The van der Waals surface area contributed by atoms with E-state index in [2.05, 4.69) is 69.1 Å². The van der Waals surface area contributed by atoms with Crippen LogP contribution in [0, 0.1) is 0 Å². The van der Waals surface area contributed by atoms with E-state index in [1.54, 1.807) is 0 Å². The summed E-state index contributed by atoms with van der Waals surface area (Å²) in [5, 5.41) is 0. The molecule has 0 fully saturated rings. The maximum Gasteiger partial charge on any atom is 0.0165 e. The highest BCUT2D eigenvalue weighted by Crippen LogP contribution is 2.07. The molecule has 0 saturated carbocycles. The van der Waals surface area contributed by atoms with Crippen LogP contribution < -0.4 is 0 Å². The molecule has 1 atom stereocenters. The van der Waals surface area contributed by atoms with E-state index in [1.165, 1.54) is 11.1 Å². The number of benzene rings is 1. The van der Waals surface area contributed by atoms with E-state index in [0.29, 0.717) is 6.04 Å². The Labute approximate surface area is 99.8 Å². The van der Waals surface area contributed by atoms with Gasteiger partial charge in [0.05, 0.1) is 0 Å². The van der Waals surface area contributed by atoms with Crippen molar-refractivity contribution in [1.29, 1.82) is 0 Å². The maximum absolute atomic E-state index is 2.39. The molecule has 16 heavy (non-hydrogen) atoms. The molecule has 1 aromatic rings. The Hall–Kier alpha value is -1.08. The lowest BCUT2D eigenvalue weighted by Crippen LogP contribution is -2.31. The van der Waals surface area contributed by atoms with Crippen LogP contribution in [0.25, 0.3) is 0 Å². The first-order valence-electron chi connectivity index (χ1n) is 5.97. The second-order valence-corrected chi connectivity index (χ2v) is 4.76. The number of hydrogen-bond donors (Lipinski definition) is 0. The molecule has 0 radical (unpaired) electrons. The minimum absolute atomic E-state index is 0.581. The first kappa shape index (κ1) is 13.0. The van der Waals surface area contributed by atoms with Gasteiger partial charge >= 0.3 is 0 Å². The standard InChI is InChI=1S/C15H23N/c1-13(2)10-11-16(4)14(3)12-15-8-6-5-7-9-15/h5-10,14H,11-12H2,1-4H3. The van der Waals surface area contributed by atoms with Gasteiger partial charge in [-0.1, -0.05) is 42.0 Å².